The van der Waals surface area contributed by atoms with Crippen molar-refractivity contribution in [3.63, 3.8) is 0 Å². The molecule has 0 N–H and O–H groups in total. The molecule has 142 valence electrons. The van der Waals surface area contributed by atoms with Gasteiger partial charge >= 0.3 is 162 Å². The molecule has 0 saturated carbocycles. The fraction of sp³-hybridized carbons (Fsp3) is 0.727. The third kappa shape index (κ3) is 5.35. The molecular weight excluding hydrogens is 427 g/mol. The first-order valence-electron chi connectivity index (χ1n) is 10.7. The number of epoxide rings is 1. The first-order valence-corrected chi connectivity index (χ1v) is 21.5. The Labute approximate surface area is 161 Å². The quantitative estimate of drug-likeness (QED) is 0.260. The molecule has 1 fully saturated rings. The number of ether oxygens (including phenoxy) is 1. The summed E-state index contributed by atoms with van der Waals surface area (Å²) in [5.74, 6) is 0. The molecule has 0 aromatic heterocycles. The van der Waals surface area contributed by atoms with Gasteiger partial charge in [0, 0.05) is 0 Å². The average Bonchev–Trinajstić information content (AvgIpc) is 3.44. The molecule has 2 rings (SSSR count). The first-order chi connectivity index (χ1) is 12.0. The second kappa shape index (κ2) is 9.94. The maximum absolute atomic E-state index is 6.65. The minimum absolute atomic E-state index is 0.608. The minimum atomic E-state index is -2.22. The van der Waals surface area contributed by atoms with E-state index in [-0.39, 0.29) is 0 Å². The molecule has 1 saturated heterocycles. The van der Waals surface area contributed by atoms with Gasteiger partial charge < -0.3 is 0 Å². The molecule has 0 amide bonds. The summed E-state index contributed by atoms with van der Waals surface area (Å²) in [5, 5.41) is 1.59. The standard InChI is InChI=1S/C10H13OSi.3C4H9.Sn/c1-12(2,10-8-11-10)9-6-4-3-5-7-9;3*1-3-4-2;/h3-8,10H,1-2H3;3*1,3-4H2,2H3;/t10-;;;;/m0..../s1. The molecule has 1 heterocycles. The fourth-order valence-corrected chi connectivity index (χ4v) is 30.2. The van der Waals surface area contributed by atoms with Crippen LogP contribution in [0, 0.1) is 0 Å². The molecule has 1 nitrogen and oxygen atoms in total. The number of hydrogen-bond acceptors (Lipinski definition) is 1. The summed E-state index contributed by atoms with van der Waals surface area (Å²) < 4.78 is 12.1. The van der Waals surface area contributed by atoms with E-state index >= 15 is 0 Å². The first kappa shape index (κ1) is 21.5. The molecule has 25 heavy (non-hydrogen) atoms. The second-order valence-electron chi connectivity index (χ2n) is 8.74. The Morgan fingerprint density at radius 1 is 0.840 bits per heavy atom. The van der Waals surface area contributed by atoms with Crippen molar-refractivity contribution in [2.75, 3.05) is 0 Å². The van der Waals surface area contributed by atoms with Crippen LogP contribution < -0.4 is 5.19 Å². The van der Waals surface area contributed by atoms with E-state index < -0.39 is 26.5 Å². The third-order valence-electron chi connectivity index (χ3n) is 6.41. The van der Waals surface area contributed by atoms with Crippen LogP contribution in [0.15, 0.2) is 30.3 Å². The van der Waals surface area contributed by atoms with Crippen LogP contribution in [-0.2, 0) is 4.74 Å². The van der Waals surface area contributed by atoms with Crippen LogP contribution in [0.3, 0.4) is 0 Å². The van der Waals surface area contributed by atoms with E-state index in [1.54, 1.807) is 18.5 Å². The molecule has 0 bridgehead atoms. The van der Waals surface area contributed by atoms with Crippen LogP contribution in [-0.4, -0.2) is 36.3 Å². The van der Waals surface area contributed by atoms with E-state index in [0.717, 1.165) is 4.12 Å². The second-order valence-corrected chi connectivity index (χ2v) is 27.0. The van der Waals surface area contributed by atoms with Crippen LogP contribution in [0.4, 0.5) is 0 Å². The van der Waals surface area contributed by atoms with Gasteiger partial charge in [-0.25, -0.2) is 0 Å². The molecule has 1 aromatic rings. The van der Waals surface area contributed by atoms with Gasteiger partial charge in [-0.15, -0.1) is 0 Å². The molecule has 0 radical (unpaired) electrons. The Hall–Kier alpha value is 0.196. The summed E-state index contributed by atoms with van der Waals surface area (Å²) in [7, 11) is -1.51. The molecule has 1 aliphatic heterocycles. The van der Waals surface area contributed by atoms with Crippen molar-refractivity contribution in [2.24, 2.45) is 0 Å². The molecule has 0 unspecified atom stereocenters. The Morgan fingerprint density at radius 2 is 1.32 bits per heavy atom. The zero-order valence-electron chi connectivity index (χ0n) is 17.3. The van der Waals surface area contributed by atoms with Gasteiger partial charge in [-0.2, -0.15) is 0 Å². The van der Waals surface area contributed by atoms with Crippen LogP contribution in [0.25, 0.3) is 0 Å². The van der Waals surface area contributed by atoms with Crippen molar-refractivity contribution in [3.05, 3.63) is 30.3 Å². The van der Waals surface area contributed by atoms with Crippen molar-refractivity contribution in [3.8, 4) is 0 Å². The molecular formula is C22H40OSiSn. The average molecular weight is 467 g/mol. The Morgan fingerprint density at radius 3 is 1.76 bits per heavy atom. The van der Waals surface area contributed by atoms with Gasteiger partial charge in [0.1, 0.15) is 0 Å². The molecule has 1 aliphatic rings. The van der Waals surface area contributed by atoms with Gasteiger partial charge in [0.2, 0.25) is 0 Å². The van der Waals surface area contributed by atoms with E-state index in [9.17, 15) is 0 Å². The topological polar surface area (TPSA) is 12.5 Å². The normalized spacial score (nSPS) is 20.7. The Balaban J connectivity index is 2.19. The van der Waals surface area contributed by atoms with Gasteiger partial charge in [0.25, 0.3) is 0 Å². The zero-order valence-corrected chi connectivity index (χ0v) is 21.2. The summed E-state index contributed by atoms with van der Waals surface area (Å²) >= 11 is -2.22. The van der Waals surface area contributed by atoms with E-state index in [1.807, 2.05) is 0 Å². The fourth-order valence-electron chi connectivity index (χ4n) is 4.55. The molecule has 1 aromatic carbocycles. The Kier molecular flexibility index (Phi) is 8.54. The molecule has 2 atom stereocenters. The van der Waals surface area contributed by atoms with Crippen molar-refractivity contribution in [2.45, 2.75) is 95.5 Å². The molecule has 0 spiro atoms. The predicted octanol–water partition coefficient (Wildman–Crippen LogP) is 6.30. The molecule has 0 aliphatic carbocycles. The van der Waals surface area contributed by atoms with E-state index in [2.05, 4.69) is 64.2 Å². The van der Waals surface area contributed by atoms with E-state index in [0.29, 0.717) is 5.73 Å². The van der Waals surface area contributed by atoms with Crippen LogP contribution >= 0.6 is 0 Å². The van der Waals surface area contributed by atoms with E-state index in [1.165, 1.54) is 38.5 Å². The number of unbranched alkanes of at least 4 members (excludes halogenated alkanes) is 3. The third-order valence-corrected chi connectivity index (χ3v) is 27.3. The summed E-state index contributed by atoms with van der Waals surface area (Å²) in [6, 6.07) is 11.3. The molecule has 3 heteroatoms. The van der Waals surface area contributed by atoms with Crippen molar-refractivity contribution >= 4 is 31.6 Å². The van der Waals surface area contributed by atoms with Crippen molar-refractivity contribution < 1.29 is 4.74 Å². The van der Waals surface area contributed by atoms with Crippen LogP contribution in [0.2, 0.25) is 26.4 Å². The van der Waals surface area contributed by atoms with Gasteiger partial charge in [0.05, 0.1) is 0 Å². The van der Waals surface area contributed by atoms with Gasteiger partial charge in [-0.1, -0.05) is 0 Å². The number of benzene rings is 1. The van der Waals surface area contributed by atoms with Gasteiger partial charge in [-0.05, 0) is 0 Å². The number of hydrogen-bond donors (Lipinski definition) is 0. The Bertz CT molecular complexity index is 480. The summed E-state index contributed by atoms with van der Waals surface area (Å²) in [6.45, 7) is 12.2. The number of rotatable bonds is 12. The van der Waals surface area contributed by atoms with Gasteiger partial charge in [0.15, 0.2) is 0 Å². The SMILES string of the molecule is CCC[CH2][Sn]([CH2]CCC)([CH2]CCC)[C@H]1O[C@H]1[Si](C)(C)c1ccccc1. The monoisotopic (exact) mass is 468 g/mol. The van der Waals surface area contributed by atoms with Crippen molar-refractivity contribution in [1.82, 2.24) is 0 Å². The maximum atomic E-state index is 6.65. The van der Waals surface area contributed by atoms with Gasteiger partial charge in [-0.3, -0.25) is 0 Å². The summed E-state index contributed by atoms with van der Waals surface area (Å²) in [5.41, 5.74) is 0.608. The zero-order chi connectivity index (χ0) is 18.3. The van der Waals surface area contributed by atoms with E-state index in [4.69, 9.17) is 4.74 Å². The summed E-state index contributed by atoms with van der Waals surface area (Å²) in [6.07, 6.45) is 8.41. The summed E-state index contributed by atoms with van der Waals surface area (Å²) in [4.78, 5) is 0. The predicted molar refractivity (Wildman–Crippen MR) is 117 cm³/mol. The van der Waals surface area contributed by atoms with Crippen LogP contribution in [0.5, 0.6) is 0 Å². The van der Waals surface area contributed by atoms with Crippen molar-refractivity contribution in [1.29, 1.82) is 0 Å². The van der Waals surface area contributed by atoms with Crippen LogP contribution in [0.1, 0.15) is 59.3 Å².